The first kappa shape index (κ1) is 27.4. The van der Waals surface area contributed by atoms with Crippen LogP contribution in [0, 0.1) is 9.39 Å². The first-order valence-electron chi connectivity index (χ1n) is 11.6. The maximum atomic E-state index is 14.5. The molecule has 4 rings (SSSR count). The summed E-state index contributed by atoms with van der Waals surface area (Å²) >= 11 is 1.96. The number of aliphatic hydroxyl groups is 2. The van der Waals surface area contributed by atoms with Crippen molar-refractivity contribution >= 4 is 34.2 Å². The third kappa shape index (κ3) is 6.41. The van der Waals surface area contributed by atoms with Gasteiger partial charge in [-0.15, -0.1) is 0 Å². The minimum absolute atomic E-state index is 0.0429. The van der Waals surface area contributed by atoms with Gasteiger partial charge < -0.3 is 30.4 Å². The predicted molar refractivity (Wildman–Crippen MR) is 148 cm³/mol. The summed E-state index contributed by atoms with van der Waals surface area (Å²) in [6.07, 6.45) is -0.964. The van der Waals surface area contributed by atoms with Crippen LogP contribution in [0.15, 0.2) is 77.6 Å². The lowest BCUT2D eigenvalue weighted by molar-refractivity contribution is -0.119. The molecule has 0 saturated carbocycles. The van der Waals surface area contributed by atoms with E-state index in [0.717, 1.165) is 10.1 Å². The molecule has 5 N–H and O–H groups in total. The Hall–Kier alpha value is -3.68. The third-order valence-corrected chi connectivity index (χ3v) is 6.44. The fourth-order valence-electron chi connectivity index (χ4n) is 3.84. The Morgan fingerprint density at radius 2 is 1.82 bits per heavy atom. The molecule has 1 aromatic heterocycles. The highest BCUT2D eigenvalue weighted by atomic mass is 127. The number of carbonyl (C=O) groups excluding carboxylic acids is 1. The minimum atomic E-state index is -1.20. The molecule has 0 radical (unpaired) electrons. The third-order valence-electron chi connectivity index (χ3n) is 5.77. The number of aromatic hydroxyl groups is 1. The van der Waals surface area contributed by atoms with Crippen molar-refractivity contribution in [3.63, 3.8) is 0 Å². The maximum absolute atomic E-state index is 14.5. The molecule has 0 bridgehead atoms. The fraction of sp³-hybridized carbons (Fsp3) is 0.185. The standard InChI is InChI=1S/C27H25FIN3O6/c28-21-13-18(29)8-11-22(21)30-25(35)23(12-16-4-2-1-3-5-16)32-26(36)24(31-27(32)37)17-6-9-20(10-7-17)38-15-19(34)14-33/h1-11,13,19,23,33-34,36H,12,14-15H2,(H,30,35)(H,31,37)/t19-,23+/m1/s1. The summed E-state index contributed by atoms with van der Waals surface area (Å²) in [5.74, 6) is -1.35. The lowest BCUT2D eigenvalue weighted by Gasteiger charge is -2.19. The molecule has 2 atom stereocenters. The van der Waals surface area contributed by atoms with E-state index in [9.17, 15) is 24.2 Å². The number of nitrogens with one attached hydrogen (secondary N) is 2. The molecule has 38 heavy (non-hydrogen) atoms. The second-order valence-electron chi connectivity index (χ2n) is 8.49. The topological polar surface area (TPSA) is 137 Å². The van der Waals surface area contributed by atoms with Crippen molar-refractivity contribution in [1.82, 2.24) is 9.55 Å². The normalized spacial score (nSPS) is 12.6. The van der Waals surface area contributed by atoms with Gasteiger partial charge in [-0.05, 0) is 70.6 Å². The van der Waals surface area contributed by atoms with E-state index < -0.39 is 42.0 Å². The number of H-pyrrole nitrogens is 1. The van der Waals surface area contributed by atoms with E-state index >= 15 is 0 Å². The number of anilines is 1. The summed E-state index contributed by atoms with van der Waals surface area (Å²) in [5, 5.41) is 32.0. The fourth-order valence-corrected chi connectivity index (χ4v) is 4.29. The van der Waals surface area contributed by atoms with Crippen LogP contribution in [-0.4, -0.2) is 50.1 Å². The number of amides is 1. The number of ether oxygens (including phenoxy) is 1. The van der Waals surface area contributed by atoms with Crippen LogP contribution >= 0.6 is 22.6 Å². The number of halogens is 2. The molecular formula is C27H25FIN3O6. The van der Waals surface area contributed by atoms with E-state index in [2.05, 4.69) is 10.3 Å². The molecule has 1 heterocycles. The zero-order chi connectivity index (χ0) is 27.2. The number of aromatic amines is 1. The van der Waals surface area contributed by atoms with Gasteiger partial charge >= 0.3 is 5.69 Å². The van der Waals surface area contributed by atoms with Crippen LogP contribution in [0.1, 0.15) is 11.6 Å². The van der Waals surface area contributed by atoms with Gasteiger partial charge in [-0.2, -0.15) is 0 Å². The second kappa shape index (κ2) is 12.2. The molecule has 1 amide bonds. The largest absolute Gasteiger partial charge is 0.493 e. The van der Waals surface area contributed by atoms with Crippen molar-refractivity contribution in [2.75, 3.05) is 18.5 Å². The summed E-state index contributed by atoms with van der Waals surface area (Å²) in [7, 11) is 0. The molecule has 3 aromatic carbocycles. The van der Waals surface area contributed by atoms with Crippen LogP contribution in [0.5, 0.6) is 11.6 Å². The van der Waals surface area contributed by atoms with Gasteiger partial charge in [0.2, 0.25) is 11.8 Å². The van der Waals surface area contributed by atoms with Crippen LogP contribution in [0.25, 0.3) is 11.3 Å². The van der Waals surface area contributed by atoms with Crippen LogP contribution in [0.3, 0.4) is 0 Å². The average molecular weight is 633 g/mol. The Bertz CT molecular complexity index is 1460. The molecule has 0 aliphatic carbocycles. The number of aliphatic hydroxyl groups excluding tert-OH is 2. The quantitative estimate of drug-likeness (QED) is 0.170. The molecule has 0 unspecified atom stereocenters. The Balaban J connectivity index is 1.66. The summed E-state index contributed by atoms with van der Waals surface area (Å²) in [5.41, 5.74) is 0.497. The zero-order valence-corrected chi connectivity index (χ0v) is 22.1. The molecule has 198 valence electrons. The number of hydrogen-bond acceptors (Lipinski definition) is 6. The highest BCUT2D eigenvalue weighted by Crippen LogP contribution is 2.31. The van der Waals surface area contributed by atoms with Crippen molar-refractivity contribution in [3.05, 3.63) is 98.2 Å². The van der Waals surface area contributed by atoms with Crippen molar-refractivity contribution in [2.45, 2.75) is 18.6 Å². The summed E-state index contributed by atoms with van der Waals surface area (Å²) in [6.45, 7) is -0.541. The summed E-state index contributed by atoms with van der Waals surface area (Å²) in [6, 6.07) is 18.4. The first-order chi connectivity index (χ1) is 18.3. The molecule has 0 fully saturated rings. The number of nitrogens with zero attached hydrogens (tertiary/aromatic N) is 1. The molecular weight excluding hydrogens is 608 g/mol. The van der Waals surface area contributed by atoms with Gasteiger partial charge in [0.25, 0.3) is 0 Å². The Labute approximate surface area is 230 Å². The molecule has 0 saturated heterocycles. The van der Waals surface area contributed by atoms with Gasteiger partial charge in [-0.25, -0.2) is 13.8 Å². The number of rotatable bonds is 10. The van der Waals surface area contributed by atoms with Gasteiger partial charge in [0, 0.05) is 15.6 Å². The number of hydrogen-bond donors (Lipinski definition) is 5. The Kier molecular flexibility index (Phi) is 8.81. The molecule has 0 aliphatic heterocycles. The van der Waals surface area contributed by atoms with Crippen molar-refractivity contribution in [2.24, 2.45) is 0 Å². The second-order valence-corrected chi connectivity index (χ2v) is 9.74. The number of aromatic nitrogens is 2. The zero-order valence-electron chi connectivity index (χ0n) is 20.0. The number of imidazole rings is 1. The SMILES string of the molecule is O=C(Nc1ccc(I)cc1F)[C@H](Cc1ccccc1)n1c(O)c(-c2ccc(OC[C@H](O)CO)cc2)[nH]c1=O. The Morgan fingerprint density at radius 1 is 1.11 bits per heavy atom. The van der Waals surface area contributed by atoms with Gasteiger partial charge in [0.1, 0.15) is 36.0 Å². The highest BCUT2D eigenvalue weighted by molar-refractivity contribution is 14.1. The van der Waals surface area contributed by atoms with Gasteiger partial charge in [0.05, 0.1) is 12.3 Å². The molecule has 0 aliphatic rings. The van der Waals surface area contributed by atoms with E-state index in [-0.39, 0.29) is 24.4 Å². The molecule has 11 heteroatoms. The average Bonchev–Trinajstić information content (AvgIpc) is 3.21. The van der Waals surface area contributed by atoms with Crippen molar-refractivity contribution in [3.8, 4) is 22.9 Å². The maximum Gasteiger partial charge on any atom is 0.329 e. The Morgan fingerprint density at radius 3 is 2.47 bits per heavy atom. The van der Waals surface area contributed by atoms with E-state index in [1.807, 2.05) is 28.7 Å². The smallest absolute Gasteiger partial charge is 0.329 e. The van der Waals surface area contributed by atoms with E-state index in [4.69, 9.17) is 9.84 Å². The van der Waals surface area contributed by atoms with Crippen LogP contribution < -0.4 is 15.7 Å². The van der Waals surface area contributed by atoms with Crippen LogP contribution in [-0.2, 0) is 11.2 Å². The van der Waals surface area contributed by atoms with E-state index in [0.29, 0.717) is 14.9 Å². The highest BCUT2D eigenvalue weighted by Gasteiger charge is 2.28. The van der Waals surface area contributed by atoms with Crippen molar-refractivity contribution in [1.29, 1.82) is 0 Å². The summed E-state index contributed by atoms with van der Waals surface area (Å²) < 4.78 is 21.4. The van der Waals surface area contributed by atoms with Crippen LogP contribution in [0.2, 0.25) is 0 Å². The lowest BCUT2D eigenvalue weighted by Crippen LogP contribution is -2.33. The van der Waals surface area contributed by atoms with Crippen molar-refractivity contribution < 1.29 is 29.2 Å². The van der Waals surface area contributed by atoms with E-state index in [1.165, 1.54) is 12.1 Å². The number of carbonyl (C=O) groups is 1. The minimum Gasteiger partial charge on any atom is -0.493 e. The monoisotopic (exact) mass is 633 g/mol. The molecule has 9 nitrogen and oxygen atoms in total. The van der Waals surface area contributed by atoms with Gasteiger partial charge in [-0.3, -0.25) is 4.79 Å². The van der Waals surface area contributed by atoms with Gasteiger partial charge in [-0.1, -0.05) is 30.3 Å². The summed E-state index contributed by atoms with van der Waals surface area (Å²) in [4.78, 5) is 29.0. The van der Waals surface area contributed by atoms with E-state index in [1.54, 1.807) is 54.6 Å². The first-order valence-corrected chi connectivity index (χ1v) is 12.7. The van der Waals surface area contributed by atoms with Gasteiger partial charge in [0.15, 0.2) is 0 Å². The molecule has 4 aromatic rings. The predicted octanol–water partition coefficient (Wildman–Crippen LogP) is 3.45. The lowest BCUT2D eigenvalue weighted by atomic mass is 10.0. The van der Waals surface area contributed by atoms with Crippen LogP contribution in [0.4, 0.5) is 10.1 Å². The molecule has 0 spiro atoms. The number of benzene rings is 3.